The van der Waals surface area contributed by atoms with E-state index in [1.165, 1.54) is 24.8 Å². The molecule has 1 aliphatic heterocycles. The van der Waals surface area contributed by atoms with Crippen molar-refractivity contribution >= 4 is 0 Å². The largest absolute Gasteiger partial charge is 0.340 e. The molecule has 3 fully saturated rings. The van der Waals surface area contributed by atoms with Crippen LogP contribution in [0.3, 0.4) is 0 Å². The van der Waals surface area contributed by atoms with Gasteiger partial charge in [-0.2, -0.15) is 0 Å². The van der Waals surface area contributed by atoms with E-state index < -0.39 is 5.79 Å². The Morgan fingerprint density at radius 2 is 1.82 bits per heavy atom. The molecular weight excluding hydrogens is 272 g/mol. The molecule has 3 rings (SSSR count). The molecule has 0 spiro atoms. The third kappa shape index (κ3) is 2.38. The van der Waals surface area contributed by atoms with Crippen molar-refractivity contribution < 1.29 is 9.47 Å². The minimum Gasteiger partial charge on any atom is -0.340 e. The van der Waals surface area contributed by atoms with Gasteiger partial charge in [0.25, 0.3) is 0 Å². The second-order valence-electron chi connectivity index (χ2n) is 9.16. The average Bonchev–Trinajstić information content (AvgIpc) is 2.86. The minimum atomic E-state index is -0.543. The summed E-state index contributed by atoms with van der Waals surface area (Å²) in [4.78, 5) is 0. The van der Waals surface area contributed by atoms with Gasteiger partial charge in [-0.1, -0.05) is 33.3 Å². The lowest BCUT2D eigenvalue weighted by Gasteiger charge is -2.39. The fourth-order valence-electron chi connectivity index (χ4n) is 5.73. The van der Waals surface area contributed by atoms with Gasteiger partial charge < -0.3 is 9.47 Å². The molecule has 22 heavy (non-hydrogen) atoms. The minimum absolute atomic E-state index is 0.160. The van der Waals surface area contributed by atoms with Gasteiger partial charge in [-0.15, -0.1) is 0 Å². The Morgan fingerprint density at radius 1 is 1.14 bits per heavy atom. The number of allylic oxidation sites excluding steroid dienone is 1. The zero-order valence-corrected chi connectivity index (χ0v) is 15.5. The first kappa shape index (κ1) is 16.5. The third-order valence-corrected chi connectivity index (χ3v) is 7.10. The molecule has 0 bridgehead atoms. The number of ether oxygens (including phenoxy) is 2. The van der Waals surface area contributed by atoms with Crippen molar-refractivity contribution in [3.8, 4) is 0 Å². The summed E-state index contributed by atoms with van der Waals surface area (Å²) in [7, 11) is 0. The van der Waals surface area contributed by atoms with E-state index in [0.717, 1.165) is 24.2 Å². The van der Waals surface area contributed by atoms with Crippen LogP contribution in [0, 0.1) is 23.2 Å². The smallest absolute Gasteiger partial charge is 0.188 e. The molecule has 1 unspecified atom stereocenters. The molecule has 2 heteroatoms. The van der Waals surface area contributed by atoms with E-state index in [4.69, 9.17) is 9.47 Å². The van der Waals surface area contributed by atoms with E-state index in [2.05, 4.69) is 54.5 Å². The van der Waals surface area contributed by atoms with Crippen LogP contribution in [-0.2, 0) is 9.47 Å². The fourth-order valence-corrected chi connectivity index (χ4v) is 5.73. The molecule has 126 valence electrons. The maximum Gasteiger partial charge on any atom is 0.188 e. The first-order valence-electron chi connectivity index (χ1n) is 9.13. The standard InChI is InChI=1S/C20H34O2/c1-8-14(3)20(7)21-17-11-15-13(2)9-10-16(15)18(4,5)12-19(17,6)22-20/h8,13,15-17H,9-12H2,1-7H3/b14-8-/t13-,15?,16-,17+,19-,20-/m1/s1. The van der Waals surface area contributed by atoms with Crippen LogP contribution in [0.1, 0.15) is 74.1 Å². The quantitative estimate of drug-likeness (QED) is 0.610. The molecule has 0 aromatic carbocycles. The Labute approximate surface area is 136 Å². The highest BCUT2D eigenvalue weighted by Gasteiger charge is 2.59. The van der Waals surface area contributed by atoms with Gasteiger partial charge in [-0.05, 0) is 75.7 Å². The second-order valence-corrected chi connectivity index (χ2v) is 9.16. The van der Waals surface area contributed by atoms with Gasteiger partial charge in [0, 0.05) is 0 Å². The maximum absolute atomic E-state index is 6.62. The molecule has 0 aromatic heterocycles. The van der Waals surface area contributed by atoms with Crippen LogP contribution in [0.5, 0.6) is 0 Å². The van der Waals surface area contributed by atoms with E-state index in [1.54, 1.807) is 0 Å². The van der Waals surface area contributed by atoms with Gasteiger partial charge in [0.2, 0.25) is 0 Å². The summed E-state index contributed by atoms with van der Waals surface area (Å²) in [5.41, 5.74) is 1.36. The van der Waals surface area contributed by atoms with Gasteiger partial charge in [0.05, 0.1) is 11.7 Å². The molecule has 1 saturated heterocycles. The lowest BCUT2D eigenvalue weighted by Crippen LogP contribution is -2.40. The monoisotopic (exact) mass is 306 g/mol. The van der Waals surface area contributed by atoms with E-state index in [1.807, 2.05) is 0 Å². The first-order chi connectivity index (χ1) is 10.1. The van der Waals surface area contributed by atoms with Crippen molar-refractivity contribution in [1.82, 2.24) is 0 Å². The summed E-state index contributed by atoms with van der Waals surface area (Å²) in [5.74, 6) is 1.90. The van der Waals surface area contributed by atoms with Gasteiger partial charge in [0.15, 0.2) is 5.79 Å². The van der Waals surface area contributed by atoms with Crippen molar-refractivity contribution in [2.24, 2.45) is 23.2 Å². The summed E-state index contributed by atoms with van der Waals surface area (Å²) in [6.07, 6.45) is 7.38. The highest BCUT2D eigenvalue weighted by molar-refractivity contribution is 5.15. The van der Waals surface area contributed by atoms with Gasteiger partial charge in [-0.25, -0.2) is 0 Å². The van der Waals surface area contributed by atoms with Crippen LogP contribution >= 0.6 is 0 Å². The Balaban J connectivity index is 1.95. The normalized spacial score (nSPS) is 51.3. The summed E-state index contributed by atoms with van der Waals surface area (Å²) >= 11 is 0. The van der Waals surface area contributed by atoms with Crippen molar-refractivity contribution in [2.45, 2.75) is 91.6 Å². The van der Waals surface area contributed by atoms with Crippen LogP contribution in [0.2, 0.25) is 0 Å². The van der Waals surface area contributed by atoms with Gasteiger partial charge >= 0.3 is 0 Å². The Kier molecular flexibility index (Phi) is 3.81. The fraction of sp³-hybridized carbons (Fsp3) is 0.900. The molecule has 0 amide bonds. The summed E-state index contributed by atoms with van der Waals surface area (Å²) in [5, 5.41) is 0. The van der Waals surface area contributed by atoms with E-state index in [9.17, 15) is 0 Å². The second kappa shape index (κ2) is 5.08. The topological polar surface area (TPSA) is 18.5 Å². The zero-order valence-electron chi connectivity index (χ0n) is 15.5. The molecule has 2 aliphatic carbocycles. The predicted octanol–water partition coefficient (Wildman–Crippen LogP) is 5.33. The van der Waals surface area contributed by atoms with Crippen molar-refractivity contribution in [1.29, 1.82) is 0 Å². The van der Waals surface area contributed by atoms with Gasteiger partial charge in [-0.3, -0.25) is 0 Å². The van der Waals surface area contributed by atoms with E-state index in [-0.39, 0.29) is 11.7 Å². The van der Waals surface area contributed by atoms with Crippen molar-refractivity contribution in [2.75, 3.05) is 0 Å². The Hall–Kier alpha value is -0.340. The summed E-state index contributed by atoms with van der Waals surface area (Å²) in [6.45, 7) is 15.9. The van der Waals surface area contributed by atoms with E-state index in [0.29, 0.717) is 5.41 Å². The molecular formula is C20H34O2. The van der Waals surface area contributed by atoms with Crippen LogP contribution in [0.25, 0.3) is 0 Å². The number of fused-ring (bicyclic) bond motifs is 2. The zero-order chi connectivity index (χ0) is 16.3. The number of hydrogen-bond acceptors (Lipinski definition) is 2. The van der Waals surface area contributed by atoms with Crippen LogP contribution in [0.4, 0.5) is 0 Å². The average molecular weight is 306 g/mol. The van der Waals surface area contributed by atoms with Crippen LogP contribution < -0.4 is 0 Å². The maximum atomic E-state index is 6.62. The molecule has 1 heterocycles. The molecule has 0 aromatic rings. The molecule has 2 nitrogen and oxygen atoms in total. The van der Waals surface area contributed by atoms with Crippen LogP contribution in [0.15, 0.2) is 11.6 Å². The lowest BCUT2D eigenvalue weighted by molar-refractivity contribution is -0.156. The molecule has 2 saturated carbocycles. The Morgan fingerprint density at radius 3 is 2.45 bits per heavy atom. The van der Waals surface area contributed by atoms with Crippen LogP contribution in [-0.4, -0.2) is 17.5 Å². The number of hydrogen-bond donors (Lipinski definition) is 0. The highest BCUT2D eigenvalue weighted by atomic mass is 16.8. The summed E-state index contributed by atoms with van der Waals surface area (Å²) in [6, 6.07) is 0. The van der Waals surface area contributed by atoms with Crippen molar-refractivity contribution in [3.63, 3.8) is 0 Å². The first-order valence-corrected chi connectivity index (χ1v) is 9.13. The summed E-state index contributed by atoms with van der Waals surface area (Å²) < 4.78 is 13.2. The number of rotatable bonds is 1. The molecule has 0 radical (unpaired) electrons. The lowest BCUT2D eigenvalue weighted by atomic mass is 9.69. The van der Waals surface area contributed by atoms with E-state index >= 15 is 0 Å². The SMILES string of the molecule is C/C=C(/C)[C@]1(C)O[C@H]2CC3[C@H](C)CC[C@H]3C(C)(C)C[C@@]2(C)O1. The molecule has 0 N–H and O–H groups in total. The van der Waals surface area contributed by atoms with Crippen molar-refractivity contribution in [3.05, 3.63) is 11.6 Å². The van der Waals surface area contributed by atoms with Gasteiger partial charge in [0.1, 0.15) is 0 Å². The highest BCUT2D eigenvalue weighted by Crippen LogP contribution is 2.59. The predicted molar refractivity (Wildman–Crippen MR) is 90.6 cm³/mol. The Bertz CT molecular complexity index is 480. The molecule has 3 aliphatic rings. The third-order valence-electron chi connectivity index (χ3n) is 7.10. The molecule has 6 atom stereocenters.